The predicted molar refractivity (Wildman–Crippen MR) is 123 cm³/mol. The second-order valence-corrected chi connectivity index (χ2v) is 9.38. The van der Waals surface area contributed by atoms with Gasteiger partial charge in [0.25, 0.3) is 5.91 Å². The van der Waals surface area contributed by atoms with E-state index in [1.807, 2.05) is 24.3 Å². The van der Waals surface area contributed by atoms with Gasteiger partial charge in [0.15, 0.2) is 11.5 Å². The minimum Gasteiger partial charge on any atom is -0.508 e. The lowest BCUT2D eigenvalue weighted by Gasteiger charge is -2.37. The zero-order valence-corrected chi connectivity index (χ0v) is 19.0. The molecule has 1 aliphatic carbocycles. The molecule has 6 nitrogen and oxygen atoms in total. The molecule has 0 bridgehead atoms. The highest BCUT2D eigenvalue weighted by molar-refractivity contribution is 6.11. The number of methoxy groups -OCH3 is 1. The molecule has 2 heterocycles. The van der Waals surface area contributed by atoms with Gasteiger partial charge in [0, 0.05) is 6.54 Å². The van der Waals surface area contributed by atoms with Gasteiger partial charge < -0.3 is 19.5 Å². The molecule has 0 saturated heterocycles. The van der Waals surface area contributed by atoms with Gasteiger partial charge in [-0.25, -0.2) is 0 Å². The molecule has 2 aromatic carbocycles. The van der Waals surface area contributed by atoms with Crippen LogP contribution in [0.15, 0.2) is 59.9 Å². The van der Waals surface area contributed by atoms with Crippen LogP contribution in [-0.4, -0.2) is 41.5 Å². The van der Waals surface area contributed by atoms with Gasteiger partial charge >= 0.3 is 0 Å². The SMILES string of the molecule is COc1ccc(CCN2C(=O)C3=C(C(=O)C4CC(C)CCC4O3)C2c2ccc(O)cc2)cc1. The number of ketones is 1. The predicted octanol–water partition coefficient (Wildman–Crippen LogP) is 4.19. The van der Waals surface area contributed by atoms with Gasteiger partial charge in [0.2, 0.25) is 0 Å². The van der Waals surface area contributed by atoms with E-state index >= 15 is 0 Å². The fraction of sp³-hybridized carbons (Fsp3) is 0.407. The molecule has 5 rings (SSSR count). The Morgan fingerprint density at radius 1 is 1.06 bits per heavy atom. The van der Waals surface area contributed by atoms with Gasteiger partial charge in [0.05, 0.1) is 24.6 Å². The van der Waals surface area contributed by atoms with E-state index in [1.54, 1.807) is 36.3 Å². The maximum absolute atomic E-state index is 13.7. The first-order valence-corrected chi connectivity index (χ1v) is 11.6. The number of ether oxygens (including phenoxy) is 2. The van der Waals surface area contributed by atoms with Gasteiger partial charge in [-0.2, -0.15) is 0 Å². The largest absolute Gasteiger partial charge is 0.508 e. The average molecular weight is 448 g/mol. The lowest BCUT2D eigenvalue weighted by atomic mass is 9.74. The number of nitrogens with zero attached hydrogens (tertiary/aromatic N) is 1. The van der Waals surface area contributed by atoms with Crippen LogP contribution in [0.3, 0.4) is 0 Å². The van der Waals surface area contributed by atoms with Crippen LogP contribution in [0, 0.1) is 11.8 Å². The first-order valence-electron chi connectivity index (χ1n) is 11.6. The Kier molecular flexibility index (Phi) is 5.60. The molecule has 2 aromatic rings. The van der Waals surface area contributed by atoms with Crippen LogP contribution in [0.2, 0.25) is 0 Å². The lowest BCUT2D eigenvalue weighted by Crippen LogP contribution is -2.41. The summed E-state index contributed by atoms with van der Waals surface area (Å²) in [5.74, 6) is 1.26. The maximum Gasteiger partial charge on any atom is 0.290 e. The summed E-state index contributed by atoms with van der Waals surface area (Å²) in [5.41, 5.74) is 2.36. The highest BCUT2D eigenvalue weighted by Gasteiger charge is 2.52. The van der Waals surface area contributed by atoms with Crippen LogP contribution in [0.25, 0.3) is 0 Å². The van der Waals surface area contributed by atoms with E-state index in [2.05, 4.69) is 6.92 Å². The number of phenols is 1. The third kappa shape index (κ3) is 3.88. The maximum atomic E-state index is 13.7. The number of fused-ring (bicyclic) bond motifs is 1. The number of aromatic hydroxyl groups is 1. The van der Waals surface area contributed by atoms with Gasteiger partial charge in [-0.3, -0.25) is 9.59 Å². The average Bonchev–Trinajstić information content (AvgIpc) is 3.11. The number of hydrogen-bond donors (Lipinski definition) is 1. The van der Waals surface area contributed by atoms with Crippen LogP contribution in [-0.2, 0) is 20.7 Å². The molecule has 172 valence electrons. The van der Waals surface area contributed by atoms with Crippen molar-refractivity contribution in [2.75, 3.05) is 13.7 Å². The quantitative estimate of drug-likeness (QED) is 0.744. The molecule has 1 fully saturated rings. The molecule has 33 heavy (non-hydrogen) atoms. The Balaban J connectivity index is 1.47. The number of Topliss-reactive ketones (excluding diaryl/α,β-unsaturated/α-hetero) is 1. The molecule has 0 aromatic heterocycles. The normalized spacial score (nSPS) is 26.7. The number of hydrogen-bond acceptors (Lipinski definition) is 5. The van der Waals surface area contributed by atoms with Crippen molar-refractivity contribution in [1.82, 2.24) is 4.90 Å². The number of amides is 1. The topological polar surface area (TPSA) is 76.1 Å². The van der Waals surface area contributed by atoms with Crippen molar-refractivity contribution in [2.45, 2.75) is 44.8 Å². The first-order chi connectivity index (χ1) is 16.0. The summed E-state index contributed by atoms with van der Waals surface area (Å²) in [4.78, 5) is 29.0. The van der Waals surface area contributed by atoms with E-state index in [-0.39, 0.29) is 35.2 Å². The molecule has 4 unspecified atom stereocenters. The fourth-order valence-electron chi connectivity index (χ4n) is 5.40. The van der Waals surface area contributed by atoms with E-state index in [0.717, 1.165) is 36.1 Å². The molecule has 1 N–H and O–H groups in total. The summed E-state index contributed by atoms with van der Waals surface area (Å²) >= 11 is 0. The van der Waals surface area contributed by atoms with Crippen molar-refractivity contribution in [3.63, 3.8) is 0 Å². The van der Waals surface area contributed by atoms with E-state index in [9.17, 15) is 14.7 Å². The third-order valence-electron chi connectivity index (χ3n) is 7.21. The van der Waals surface area contributed by atoms with Crippen LogP contribution in [0.5, 0.6) is 11.5 Å². The molecule has 3 aliphatic rings. The molecule has 0 radical (unpaired) electrons. The van der Waals surface area contributed by atoms with E-state index < -0.39 is 6.04 Å². The van der Waals surface area contributed by atoms with Gasteiger partial charge in [-0.15, -0.1) is 0 Å². The summed E-state index contributed by atoms with van der Waals surface area (Å²) < 4.78 is 11.5. The molecule has 6 heteroatoms. The molecule has 1 amide bonds. The van der Waals surface area contributed by atoms with Crippen LogP contribution in [0.4, 0.5) is 0 Å². The van der Waals surface area contributed by atoms with Crippen molar-refractivity contribution >= 4 is 11.7 Å². The number of carbonyl (C=O) groups excluding carboxylic acids is 2. The van der Waals surface area contributed by atoms with Crippen molar-refractivity contribution in [3.8, 4) is 11.5 Å². The Labute approximate surface area is 193 Å². The van der Waals surface area contributed by atoms with Gasteiger partial charge in [0.1, 0.15) is 17.6 Å². The number of benzene rings is 2. The Morgan fingerprint density at radius 2 is 1.79 bits per heavy atom. The summed E-state index contributed by atoms with van der Waals surface area (Å²) in [7, 11) is 1.63. The minimum absolute atomic E-state index is 0.0474. The van der Waals surface area contributed by atoms with E-state index in [4.69, 9.17) is 9.47 Å². The fourth-order valence-corrected chi connectivity index (χ4v) is 5.40. The van der Waals surface area contributed by atoms with Crippen LogP contribution < -0.4 is 4.74 Å². The van der Waals surface area contributed by atoms with Crippen molar-refractivity contribution in [1.29, 1.82) is 0 Å². The van der Waals surface area contributed by atoms with E-state index in [0.29, 0.717) is 24.5 Å². The summed E-state index contributed by atoms with van der Waals surface area (Å²) in [5, 5.41) is 9.79. The first kappa shape index (κ1) is 21.6. The molecular weight excluding hydrogens is 418 g/mol. The third-order valence-corrected chi connectivity index (χ3v) is 7.21. The monoisotopic (exact) mass is 447 g/mol. The standard InChI is InChI=1S/C27H29NO5/c1-16-3-12-22-21(15-16)25(30)23-24(18-6-8-19(29)9-7-18)28(27(31)26(23)33-22)14-13-17-4-10-20(32-2)11-5-17/h4-11,16,21-22,24,29H,3,12-15H2,1-2H3. The number of carbonyl (C=O) groups is 2. The lowest BCUT2D eigenvalue weighted by molar-refractivity contribution is -0.136. The molecule has 2 aliphatic heterocycles. The minimum atomic E-state index is -0.503. The summed E-state index contributed by atoms with van der Waals surface area (Å²) in [6.45, 7) is 2.62. The van der Waals surface area contributed by atoms with Crippen molar-refractivity contribution in [2.24, 2.45) is 11.8 Å². The second-order valence-electron chi connectivity index (χ2n) is 9.38. The van der Waals surface area contributed by atoms with Gasteiger partial charge in [-0.05, 0) is 67.0 Å². The summed E-state index contributed by atoms with van der Waals surface area (Å²) in [6, 6.07) is 14.0. The number of phenolic OH excluding ortho intramolecular Hbond substituents is 1. The van der Waals surface area contributed by atoms with Gasteiger partial charge in [-0.1, -0.05) is 31.2 Å². The van der Waals surface area contributed by atoms with Crippen LogP contribution >= 0.6 is 0 Å². The highest BCUT2D eigenvalue weighted by Crippen LogP contribution is 2.47. The Morgan fingerprint density at radius 3 is 2.48 bits per heavy atom. The van der Waals surface area contributed by atoms with Crippen molar-refractivity contribution in [3.05, 3.63) is 71.0 Å². The number of rotatable bonds is 5. The molecule has 0 spiro atoms. The van der Waals surface area contributed by atoms with Crippen molar-refractivity contribution < 1.29 is 24.2 Å². The Bertz CT molecular complexity index is 1090. The Hall–Kier alpha value is -3.28. The highest BCUT2D eigenvalue weighted by atomic mass is 16.5. The molecule has 1 saturated carbocycles. The molecule has 4 atom stereocenters. The smallest absolute Gasteiger partial charge is 0.290 e. The zero-order chi connectivity index (χ0) is 23.1. The molecular formula is C27H29NO5. The summed E-state index contributed by atoms with van der Waals surface area (Å²) in [6.07, 6.45) is 3.04. The van der Waals surface area contributed by atoms with E-state index in [1.165, 1.54) is 0 Å². The zero-order valence-electron chi connectivity index (χ0n) is 19.0. The second kappa shape index (κ2) is 8.58. The van der Waals surface area contributed by atoms with Crippen LogP contribution in [0.1, 0.15) is 43.4 Å².